The molecule has 0 N–H and O–H groups in total. The maximum absolute atomic E-state index is 12.7. The summed E-state index contributed by atoms with van der Waals surface area (Å²) >= 11 is 1.74. The van der Waals surface area contributed by atoms with E-state index in [1.807, 2.05) is 0 Å². The van der Waals surface area contributed by atoms with Crippen LogP contribution in [0.2, 0.25) is 0 Å². The van der Waals surface area contributed by atoms with Gasteiger partial charge in [-0.2, -0.15) is 11.8 Å². The van der Waals surface area contributed by atoms with Gasteiger partial charge < -0.3 is 4.90 Å². The summed E-state index contributed by atoms with van der Waals surface area (Å²) < 4.78 is 12.7. The third-order valence-electron chi connectivity index (χ3n) is 3.28. The first-order chi connectivity index (χ1) is 8.65. The van der Waals surface area contributed by atoms with Crippen LogP contribution in [0.15, 0.2) is 24.3 Å². The van der Waals surface area contributed by atoms with Crippen molar-refractivity contribution in [1.82, 2.24) is 4.90 Å². The molecule has 0 bridgehead atoms. The lowest BCUT2D eigenvalue weighted by molar-refractivity contribution is 0.102. The van der Waals surface area contributed by atoms with Gasteiger partial charge in [-0.1, -0.05) is 0 Å². The SMILES string of the molecule is CN1CCC(SCC(=O)c2ccc(F)cc2)CC1. The molecule has 1 aromatic rings. The summed E-state index contributed by atoms with van der Waals surface area (Å²) in [6, 6.07) is 5.81. The normalized spacial score (nSPS) is 17.9. The van der Waals surface area contributed by atoms with Gasteiger partial charge in [-0.25, -0.2) is 4.39 Å². The van der Waals surface area contributed by atoms with Gasteiger partial charge in [-0.3, -0.25) is 4.79 Å². The van der Waals surface area contributed by atoms with Crippen LogP contribution >= 0.6 is 11.8 Å². The number of hydrogen-bond donors (Lipinski definition) is 0. The Balaban J connectivity index is 1.79. The Bertz CT molecular complexity index is 399. The van der Waals surface area contributed by atoms with Crippen molar-refractivity contribution in [2.45, 2.75) is 18.1 Å². The lowest BCUT2D eigenvalue weighted by atomic mass is 10.1. The fourth-order valence-corrected chi connectivity index (χ4v) is 3.16. The number of benzene rings is 1. The summed E-state index contributed by atoms with van der Waals surface area (Å²) in [5.74, 6) is 0.300. The molecule has 0 spiro atoms. The Morgan fingerprint density at radius 3 is 2.56 bits per heavy atom. The molecule has 0 saturated carbocycles. The van der Waals surface area contributed by atoms with Crippen LogP contribution in [0.4, 0.5) is 4.39 Å². The minimum Gasteiger partial charge on any atom is -0.306 e. The summed E-state index contributed by atoms with van der Waals surface area (Å²) in [5, 5.41) is 0.589. The van der Waals surface area contributed by atoms with E-state index >= 15 is 0 Å². The number of carbonyl (C=O) groups is 1. The third-order valence-corrected chi connectivity index (χ3v) is 4.65. The number of Topliss-reactive ketones (excluding diaryl/α,β-unsaturated/α-hetero) is 1. The standard InChI is InChI=1S/C14H18FNOS/c1-16-8-6-13(7-9-16)18-10-14(17)11-2-4-12(15)5-3-11/h2-5,13H,6-10H2,1H3. The van der Waals surface area contributed by atoms with Crippen molar-refractivity contribution < 1.29 is 9.18 Å². The molecule has 1 aliphatic rings. The monoisotopic (exact) mass is 267 g/mol. The van der Waals surface area contributed by atoms with Gasteiger partial charge in [0.15, 0.2) is 5.78 Å². The Kier molecular flexibility index (Phi) is 4.78. The maximum atomic E-state index is 12.7. The molecule has 1 aromatic carbocycles. The molecule has 0 amide bonds. The molecule has 0 aliphatic carbocycles. The van der Waals surface area contributed by atoms with E-state index in [1.54, 1.807) is 23.9 Å². The van der Waals surface area contributed by atoms with Crippen LogP contribution in [0.3, 0.4) is 0 Å². The van der Waals surface area contributed by atoms with Crippen molar-refractivity contribution in [3.8, 4) is 0 Å². The van der Waals surface area contributed by atoms with E-state index in [0.717, 1.165) is 25.9 Å². The van der Waals surface area contributed by atoms with Gasteiger partial charge in [0.1, 0.15) is 5.82 Å². The predicted molar refractivity (Wildman–Crippen MR) is 73.7 cm³/mol. The first kappa shape index (κ1) is 13.6. The molecule has 98 valence electrons. The zero-order valence-corrected chi connectivity index (χ0v) is 11.4. The predicted octanol–water partition coefficient (Wildman–Crippen LogP) is 2.84. The van der Waals surface area contributed by atoms with Crippen molar-refractivity contribution in [1.29, 1.82) is 0 Å². The lowest BCUT2D eigenvalue weighted by Gasteiger charge is -2.28. The highest BCUT2D eigenvalue weighted by atomic mass is 32.2. The van der Waals surface area contributed by atoms with Crippen LogP contribution in [0, 0.1) is 5.82 Å². The summed E-state index contributed by atoms with van der Waals surface area (Å²) in [7, 11) is 2.13. The average molecular weight is 267 g/mol. The number of likely N-dealkylation sites (tertiary alicyclic amines) is 1. The number of hydrogen-bond acceptors (Lipinski definition) is 3. The molecule has 1 saturated heterocycles. The van der Waals surface area contributed by atoms with Crippen molar-refractivity contribution in [2.75, 3.05) is 25.9 Å². The Labute approximate surface area is 112 Å². The number of piperidine rings is 1. The molecule has 2 rings (SSSR count). The van der Waals surface area contributed by atoms with Gasteiger partial charge in [-0.15, -0.1) is 0 Å². The smallest absolute Gasteiger partial charge is 0.172 e. The van der Waals surface area contributed by atoms with Gasteiger partial charge in [0.25, 0.3) is 0 Å². The summed E-state index contributed by atoms with van der Waals surface area (Å²) in [6.45, 7) is 2.23. The number of nitrogens with zero attached hydrogens (tertiary/aromatic N) is 1. The molecule has 1 heterocycles. The number of rotatable bonds is 4. The number of carbonyl (C=O) groups excluding carboxylic acids is 1. The molecule has 2 nitrogen and oxygen atoms in total. The molecular formula is C14H18FNOS. The zero-order chi connectivity index (χ0) is 13.0. The number of halogens is 1. The largest absolute Gasteiger partial charge is 0.306 e. The maximum Gasteiger partial charge on any atom is 0.172 e. The van der Waals surface area contributed by atoms with E-state index < -0.39 is 0 Å². The molecule has 4 heteroatoms. The van der Waals surface area contributed by atoms with Crippen LogP contribution in [-0.4, -0.2) is 41.8 Å². The van der Waals surface area contributed by atoms with Crippen LogP contribution in [-0.2, 0) is 0 Å². The van der Waals surface area contributed by atoms with Crippen LogP contribution in [0.25, 0.3) is 0 Å². The van der Waals surface area contributed by atoms with Gasteiger partial charge in [0.05, 0.1) is 5.75 Å². The zero-order valence-electron chi connectivity index (χ0n) is 10.6. The van der Waals surface area contributed by atoms with E-state index in [4.69, 9.17) is 0 Å². The van der Waals surface area contributed by atoms with E-state index in [1.165, 1.54) is 12.1 Å². The molecule has 0 unspecified atom stereocenters. The lowest BCUT2D eigenvalue weighted by Crippen LogP contribution is -2.31. The Morgan fingerprint density at radius 2 is 1.94 bits per heavy atom. The Morgan fingerprint density at radius 1 is 1.33 bits per heavy atom. The topological polar surface area (TPSA) is 20.3 Å². The minimum atomic E-state index is -0.297. The second-order valence-electron chi connectivity index (χ2n) is 4.74. The van der Waals surface area contributed by atoms with Crippen LogP contribution in [0.1, 0.15) is 23.2 Å². The minimum absolute atomic E-state index is 0.0962. The average Bonchev–Trinajstić information content (AvgIpc) is 2.38. The third kappa shape index (κ3) is 3.82. The van der Waals surface area contributed by atoms with Crippen molar-refractivity contribution in [3.63, 3.8) is 0 Å². The van der Waals surface area contributed by atoms with Gasteiger partial charge in [0.2, 0.25) is 0 Å². The number of thioether (sulfide) groups is 1. The summed E-state index contributed by atoms with van der Waals surface area (Å²) in [6.07, 6.45) is 2.30. The first-order valence-electron chi connectivity index (χ1n) is 6.24. The molecule has 18 heavy (non-hydrogen) atoms. The van der Waals surface area contributed by atoms with Crippen molar-refractivity contribution in [2.24, 2.45) is 0 Å². The highest BCUT2D eigenvalue weighted by Crippen LogP contribution is 2.23. The van der Waals surface area contributed by atoms with Gasteiger partial charge in [0, 0.05) is 10.8 Å². The second kappa shape index (κ2) is 6.34. The molecule has 0 atom stereocenters. The molecule has 1 fully saturated rings. The van der Waals surface area contributed by atoms with Gasteiger partial charge in [-0.05, 0) is 57.2 Å². The fourth-order valence-electron chi connectivity index (χ4n) is 2.06. The second-order valence-corrected chi connectivity index (χ2v) is 6.03. The highest BCUT2D eigenvalue weighted by Gasteiger charge is 2.18. The summed E-state index contributed by atoms with van der Waals surface area (Å²) in [5.41, 5.74) is 0.608. The van der Waals surface area contributed by atoms with Crippen molar-refractivity contribution >= 4 is 17.5 Å². The highest BCUT2D eigenvalue weighted by molar-refractivity contribution is 8.00. The van der Waals surface area contributed by atoms with Crippen molar-refractivity contribution in [3.05, 3.63) is 35.6 Å². The first-order valence-corrected chi connectivity index (χ1v) is 7.29. The fraction of sp³-hybridized carbons (Fsp3) is 0.500. The Hall–Kier alpha value is -0.870. The summed E-state index contributed by atoms with van der Waals surface area (Å²) in [4.78, 5) is 14.2. The molecular weight excluding hydrogens is 249 g/mol. The molecule has 0 radical (unpaired) electrons. The molecule has 0 aromatic heterocycles. The molecule has 1 aliphatic heterocycles. The van der Waals surface area contributed by atoms with Crippen LogP contribution in [0.5, 0.6) is 0 Å². The van der Waals surface area contributed by atoms with E-state index in [2.05, 4.69) is 11.9 Å². The van der Waals surface area contributed by atoms with E-state index in [0.29, 0.717) is 16.6 Å². The van der Waals surface area contributed by atoms with Gasteiger partial charge >= 0.3 is 0 Å². The van der Waals surface area contributed by atoms with E-state index in [-0.39, 0.29) is 11.6 Å². The van der Waals surface area contributed by atoms with Crippen LogP contribution < -0.4 is 0 Å². The van der Waals surface area contributed by atoms with E-state index in [9.17, 15) is 9.18 Å². The number of ketones is 1. The quantitative estimate of drug-likeness (QED) is 0.782.